The van der Waals surface area contributed by atoms with E-state index in [1.807, 2.05) is 5.48 Å². The second-order valence-electron chi connectivity index (χ2n) is 3.39. The van der Waals surface area contributed by atoms with Crippen molar-refractivity contribution < 1.29 is 10.4 Å². The van der Waals surface area contributed by atoms with Crippen molar-refractivity contribution in [1.29, 1.82) is 0 Å². The van der Waals surface area contributed by atoms with Crippen molar-refractivity contribution in [2.75, 3.05) is 6.54 Å². The molecule has 3 N–H and O–H groups in total. The fraction of sp³-hybridized carbons (Fsp3) is 0.800. The van der Waals surface area contributed by atoms with Crippen molar-refractivity contribution >= 4 is 12.1 Å². The predicted octanol–water partition coefficient (Wildman–Crippen LogP) is 2.18. The van der Waals surface area contributed by atoms with Crippen molar-refractivity contribution in [1.82, 2.24) is 5.48 Å². The van der Waals surface area contributed by atoms with Gasteiger partial charge in [0, 0.05) is 6.54 Å². The van der Waals surface area contributed by atoms with Crippen LogP contribution in [-0.4, -0.2) is 29.0 Å². The molecule has 0 atom stereocenters. The van der Waals surface area contributed by atoms with Gasteiger partial charge in [-0.25, -0.2) is 0 Å². The molecule has 0 aromatic carbocycles. The number of hydrogen-bond acceptors (Lipinski definition) is 4. The lowest BCUT2D eigenvalue weighted by molar-refractivity contribution is 0.236. The molecule has 0 bridgehead atoms. The number of amidine groups is 1. The second kappa shape index (κ2) is 11.0. The first-order valence-corrected chi connectivity index (χ1v) is 5.47. The minimum Gasteiger partial charge on any atom is -0.411 e. The Kier molecular flexibility index (Phi) is 10.2. The molecule has 0 aliphatic rings. The Labute approximate surface area is 90.9 Å². The highest BCUT2D eigenvalue weighted by Crippen LogP contribution is 2.04. The van der Waals surface area contributed by atoms with E-state index >= 15 is 0 Å². The fourth-order valence-electron chi connectivity index (χ4n) is 1.25. The molecule has 0 unspecified atom stereocenters. The molecule has 5 nitrogen and oxygen atoms in total. The SMILES string of the molecule is CCCCCCCCN=C(/C=N/O)NO. The van der Waals surface area contributed by atoms with Gasteiger partial charge in [0.25, 0.3) is 0 Å². The third-order valence-corrected chi connectivity index (χ3v) is 2.09. The summed E-state index contributed by atoms with van der Waals surface area (Å²) in [6.07, 6.45) is 8.28. The summed E-state index contributed by atoms with van der Waals surface area (Å²) in [5.41, 5.74) is 1.85. The predicted molar refractivity (Wildman–Crippen MR) is 60.9 cm³/mol. The molecule has 0 aromatic rings. The van der Waals surface area contributed by atoms with E-state index in [-0.39, 0.29) is 5.84 Å². The van der Waals surface area contributed by atoms with Gasteiger partial charge in [-0.05, 0) is 6.42 Å². The first kappa shape index (κ1) is 13.9. The molecular formula is C10H21N3O2. The Bertz CT molecular complexity index is 193. The molecule has 0 spiro atoms. The summed E-state index contributed by atoms with van der Waals surface area (Å²) in [6.45, 7) is 2.83. The molecule has 15 heavy (non-hydrogen) atoms. The van der Waals surface area contributed by atoms with Crippen molar-refractivity contribution in [2.45, 2.75) is 45.4 Å². The minimum absolute atomic E-state index is 0.186. The monoisotopic (exact) mass is 215 g/mol. The zero-order valence-corrected chi connectivity index (χ0v) is 9.32. The van der Waals surface area contributed by atoms with Crippen molar-refractivity contribution in [3.63, 3.8) is 0 Å². The Morgan fingerprint density at radius 3 is 2.47 bits per heavy atom. The van der Waals surface area contributed by atoms with Crippen molar-refractivity contribution in [3.05, 3.63) is 0 Å². The maximum absolute atomic E-state index is 8.55. The highest BCUT2D eigenvalue weighted by atomic mass is 16.5. The van der Waals surface area contributed by atoms with E-state index in [9.17, 15) is 0 Å². The first-order chi connectivity index (χ1) is 7.35. The molecular weight excluding hydrogens is 194 g/mol. The Morgan fingerprint density at radius 2 is 1.87 bits per heavy atom. The van der Waals surface area contributed by atoms with Gasteiger partial charge in [-0.2, -0.15) is 0 Å². The Balaban J connectivity index is 3.42. The fourth-order valence-corrected chi connectivity index (χ4v) is 1.25. The summed E-state index contributed by atoms with van der Waals surface area (Å²) >= 11 is 0. The molecule has 0 amide bonds. The van der Waals surface area contributed by atoms with E-state index in [1.54, 1.807) is 0 Å². The molecule has 0 rings (SSSR count). The highest BCUT2D eigenvalue weighted by molar-refractivity contribution is 6.28. The van der Waals surface area contributed by atoms with Gasteiger partial charge >= 0.3 is 0 Å². The summed E-state index contributed by atoms with van der Waals surface area (Å²) in [5, 5.41) is 19.5. The van der Waals surface area contributed by atoms with Crippen LogP contribution in [0.1, 0.15) is 45.4 Å². The zero-order valence-electron chi connectivity index (χ0n) is 9.32. The van der Waals surface area contributed by atoms with Crippen LogP contribution in [0.5, 0.6) is 0 Å². The molecule has 5 heteroatoms. The summed E-state index contributed by atoms with van der Waals surface area (Å²) in [4.78, 5) is 4.00. The summed E-state index contributed by atoms with van der Waals surface area (Å²) in [5.74, 6) is 0.186. The number of hydrogen-bond donors (Lipinski definition) is 3. The summed E-state index contributed by atoms with van der Waals surface area (Å²) in [6, 6.07) is 0. The lowest BCUT2D eigenvalue weighted by Gasteiger charge is -1.99. The van der Waals surface area contributed by atoms with Gasteiger partial charge in [-0.1, -0.05) is 44.2 Å². The topological polar surface area (TPSA) is 77.2 Å². The first-order valence-electron chi connectivity index (χ1n) is 5.47. The lowest BCUT2D eigenvalue weighted by atomic mass is 10.1. The van der Waals surface area contributed by atoms with Crippen LogP contribution in [0.25, 0.3) is 0 Å². The van der Waals surface area contributed by atoms with Crippen LogP contribution in [-0.2, 0) is 0 Å². The van der Waals surface area contributed by atoms with Crippen LogP contribution in [0.15, 0.2) is 10.1 Å². The van der Waals surface area contributed by atoms with E-state index in [4.69, 9.17) is 10.4 Å². The van der Waals surface area contributed by atoms with Crippen molar-refractivity contribution in [2.24, 2.45) is 10.1 Å². The van der Waals surface area contributed by atoms with Gasteiger partial charge in [-0.3, -0.25) is 15.7 Å². The molecule has 0 aliphatic carbocycles. The number of nitrogens with one attached hydrogen (secondary N) is 1. The second-order valence-corrected chi connectivity index (χ2v) is 3.39. The third kappa shape index (κ3) is 9.21. The molecule has 0 radical (unpaired) electrons. The van der Waals surface area contributed by atoms with Gasteiger partial charge in [0.05, 0.1) is 0 Å². The van der Waals surface area contributed by atoms with E-state index in [1.165, 1.54) is 25.7 Å². The van der Waals surface area contributed by atoms with E-state index in [0.29, 0.717) is 6.54 Å². The van der Waals surface area contributed by atoms with Gasteiger partial charge in [-0.15, -0.1) is 0 Å². The Morgan fingerprint density at radius 1 is 1.20 bits per heavy atom. The maximum atomic E-state index is 8.55. The number of oxime groups is 1. The lowest BCUT2D eigenvalue weighted by Crippen LogP contribution is -2.20. The van der Waals surface area contributed by atoms with E-state index in [2.05, 4.69) is 17.1 Å². The number of aliphatic imine (C=N–C) groups is 1. The number of rotatable bonds is 8. The molecule has 0 saturated carbocycles. The molecule has 0 aliphatic heterocycles. The van der Waals surface area contributed by atoms with Crippen molar-refractivity contribution in [3.8, 4) is 0 Å². The molecule has 0 aromatic heterocycles. The third-order valence-electron chi connectivity index (χ3n) is 2.09. The number of nitrogens with zero attached hydrogens (tertiary/aromatic N) is 2. The Hall–Kier alpha value is -1.10. The average Bonchev–Trinajstić information content (AvgIpc) is 2.26. The number of hydroxylamine groups is 1. The quantitative estimate of drug-likeness (QED) is 0.191. The van der Waals surface area contributed by atoms with Crippen LogP contribution in [0.4, 0.5) is 0 Å². The smallest absolute Gasteiger partial charge is 0.166 e. The molecule has 0 saturated heterocycles. The van der Waals surface area contributed by atoms with Gasteiger partial charge in [0.1, 0.15) is 6.21 Å². The van der Waals surface area contributed by atoms with E-state index in [0.717, 1.165) is 19.1 Å². The van der Waals surface area contributed by atoms with Gasteiger partial charge in [0.15, 0.2) is 5.84 Å². The minimum atomic E-state index is 0.186. The maximum Gasteiger partial charge on any atom is 0.166 e. The van der Waals surface area contributed by atoms with Crippen LogP contribution in [0, 0.1) is 0 Å². The van der Waals surface area contributed by atoms with Gasteiger partial charge < -0.3 is 5.21 Å². The average molecular weight is 215 g/mol. The van der Waals surface area contributed by atoms with Crippen LogP contribution in [0.3, 0.4) is 0 Å². The zero-order chi connectivity index (χ0) is 11.4. The largest absolute Gasteiger partial charge is 0.411 e. The van der Waals surface area contributed by atoms with Crippen LogP contribution < -0.4 is 5.48 Å². The standard InChI is InChI=1S/C10H21N3O2/c1-2-3-4-5-6-7-8-11-10(13-15)9-12-14/h9,14-15H,2-8H2,1H3,(H,11,13)/b12-9+. The number of unbranched alkanes of at least 4 members (excludes halogenated alkanes) is 5. The normalized spacial score (nSPS) is 12.3. The summed E-state index contributed by atoms with van der Waals surface area (Å²) < 4.78 is 0. The van der Waals surface area contributed by atoms with Gasteiger partial charge in [0.2, 0.25) is 0 Å². The van der Waals surface area contributed by atoms with Crippen LogP contribution >= 0.6 is 0 Å². The summed E-state index contributed by atoms with van der Waals surface area (Å²) in [7, 11) is 0. The van der Waals surface area contributed by atoms with Crippen LogP contribution in [0.2, 0.25) is 0 Å². The molecule has 0 fully saturated rings. The molecule has 0 heterocycles. The van der Waals surface area contributed by atoms with E-state index < -0.39 is 0 Å². The highest BCUT2D eigenvalue weighted by Gasteiger charge is 1.92. The molecule has 88 valence electrons.